The summed E-state index contributed by atoms with van der Waals surface area (Å²) in [6, 6.07) is 4.06. The maximum Gasteiger partial charge on any atom is 0.148 e. The lowest BCUT2D eigenvalue weighted by Crippen LogP contribution is -2.16. The molecule has 0 radical (unpaired) electrons. The van der Waals surface area contributed by atoms with Crippen molar-refractivity contribution in [1.29, 1.82) is 0 Å². The van der Waals surface area contributed by atoms with Crippen LogP contribution in [0.25, 0.3) is 0 Å². The van der Waals surface area contributed by atoms with Crippen molar-refractivity contribution in [1.82, 2.24) is 15.0 Å². The SMILES string of the molecule is CCc1nc(NN)c(C)c(NC(C)c2cccnc2)n1. The van der Waals surface area contributed by atoms with Gasteiger partial charge in [-0.15, -0.1) is 0 Å². The number of nitrogen functional groups attached to an aromatic ring is 1. The zero-order chi connectivity index (χ0) is 14.5. The van der Waals surface area contributed by atoms with Crippen LogP contribution in [0.2, 0.25) is 0 Å². The Bertz CT molecular complexity index is 569. The highest BCUT2D eigenvalue weighted by molar-refractivity contribution is 5.57. The summed E-state index contributed by atoms with van der Waals surface area (Å²) < 4.78 is 0. The molecular weight excluding hydrogens is 252 g/mol. The van der Waals surface area contributed by atoms with Crippen LogP contribution in [0, 0.1) is 6.92 Å². The second-order valence-corrected chi connectivity index (χ2v) is 4.61. The van der Waals surface area contributed by atoms with Gasteiger partial charge in [0, 0.05) is 24.4 Å². The second kappa shape index (κ2) is 6.29. The van der Waals surface area contributed by atoms with E-state index in [-0.39, 0.29) is 6.04 Å². The van der Waals surface area contributed by atoms with E-state index < -0.39 is 0 Å². The summed E-state index contributed by atoms with van der Waals surface area (Å²) in [4.78, 5) is 13.0. The molecule has 106 valence electrons. The minimum atomic E-state index is 0.104. The van der Waals surface area contributed by atoms with E-state index in [0.717, 1.165) is 29.2 Å². The van der Waals surface area contributed by atoms with Gasteiger partial charge >= 0.3 is 0 Å². The van der Waals surface area contributed by atoms with Crippen molar-refractivity contribution in [2.24, 2.45) is 5.84 Å². The number of hydrazine groups is 1. The topological polar surface area (TPSA) is 88.8 Å². The molecule has 2 heterocycles. The van der Waals surface area contributed by atoms with Crippen molar-refractivity contribution in [3.63, 3.8) is 0 Å². The van der Waals surface area contributed by atoms with Gasteiger partial charge in [0.1, 0.15) is 17.5 Å². The number of aryl methyl sites for hydroxylation is 1. The summed E-state index contributed by atoms with van der Waals surface area (Å²) in [6.07, 6.45) is 4.36. The van der Waals surface area contributed by atoms with Crippen LogP contribution >= 0.6 is 0 Å². The van der Waals surface area contributed by atoms with E-state index in [0.29, 0.717) is 5.82 Å². The molecule has 0 aliphatic heterocycles. The van der Waals surface area contributed by atoms with E-state index in [4.69, 9.17) is 5.84 Å². The molecule has 0 amide bonds. The van der Waals surface area contributed by atoms with Gasteiger partial charge in [-0.25, -0.2) is 15.8 Å². The number of anilines is 2. The summed E-state index contributed by atoms with van der Waals surface area (Å²) in [6.45, 7) is 6.02. The molecule has 2 aromatic heterocycles. The third-order valence-corrected chi connectivity index (χ3v) is 3.18. The standard InChI is InChI=1S/C14H20N6/c1-4-12-18-13(9(2)14(19-12)20-15)17-10(3)11-6-5-7-16-8-11/h5-8,10H,4,15H2,1-3H3,(H2,17,18,19,20). The van der Waals surface area contributed by atoms with Gasteiger partial charge in [-0.2, -0.15) is 0 Å². The Kier molecular flexibility index (Phi) is 4.47. The maximum absolute atomic E-state index is 5.51. The molecule has 2 aromatic rings. The Labute approximate surface area is 118 Å². The highest BCUT2D eigenvalue weighted by atomic mass is 15.3. The minimum absolute atomic E-state index is 0.104. The van der Waals surface area contributed by atoms with Crippen LogP contribution in [0.1, 0.15) is 36.8 Å². The van der Waals surface area contributed by atoms with Gasteiger partial charge in [0.2, 0.25) is 0 Å². The Morgan fingerprint density at radius 2 is 2.05 bits per heavy atom. The minimum Gasteiger partial charge on any atom is -0.363 e. The Hall–Kier alpha value is -2.21. The molecule has 2 rings (SSSR count). The van der Waals surface area contributed by atoms with Gasteiger partial charge in [0.05, 0.1) is 6.04 Å². The van der Waals surface area contributed by atoms with E-state index in [1.54, 1.807) is 6.20 Å². The number of nitrogens with two attached hydrogens (primary N) is 1. The van der Waals surface area contributed by atoms with Crippen LogP contribution in [0.4, 0.5) is 11.6 Å². The molecule has 1 unspecified atom stereocenters. The Morgan fingerprint density at radius 3 is 2.65 bits per heavy atom. The lowest BCUT2D eigenvalue weighted by Gasteiger charge is -2.18. The molecule has 0 aliphatic rings. The Morgan fingerprint density at radius 1 is 1.30 bits per heavy atom. The van der Waals surface area contributed by atoms with Crippen LogP contribution in [0.3, 0.4) is 0 Å². The highest BCUT2D eigenvalue weighted by Gasteiger charge is 2.12. The molecule has 6 heteroatoms. The summed E-state index contributed by atoms with van der Waals surface area (Å²) in [7, 11) is 0. The fourth-order valence-corrected chi connectivity index (χ4v) is 1.92. The van der Waals surface area contributed by atoms with Crippen LogP contribution in [0.5, 0.6) is 0 Å². The highest BCUT2D eigenvalue weighted by Crippen LogP contribution is 2.23. The molecule has 0 saturated heterocycles. The van der Waals surface area contributed by atoms with Crippen LogP contribution in [-0.2, 0) is 6.42 Å². The number of hydrogen-bond acceptors (Lipinski definition) is 6. The summed E-state index contributed by atoms with van der Waals surface area (Å²) >= 11 is 0. The molecule has 0 bridgehead atoms. The van der Waals surface area contributed by atoms with E-state index in [1.165, 1.54) is 0 Å². The van der Waals surface area contributed by atoms with E-state index in [2.05, 4.69) is 32.6 Å². The zero-order valence-electron chi connectivity index (χ0n) is 12.0. The van der Waals surface area contributed by atoms with Crippen LogP contribution < -0.4 is 16.6 Å². The molecular formula is C14H20N6. The van der Waals surface area contributed by atoms with E-state index >= 15 is 0 Å². The smallest absolute Gasteiger partial charge is 0.148 e. The van der Waals surface area contributed by atoms with E-state index in [1.807, 2.05) is 32.2 Å². The molecule has 0 fully saturated rings. The quantitative estimate of drug-likeness (QED) is 0.571. The number of rotatable bonds is 5. The van der Waals surface area contributed by atoms with Gasteiger partial charge < -0.3 is 10.7 Å². The van der Waals surface area contributed by atoms with E-state index in [9.17, 15) is 0 Å². The van der Waals surface area contributed by atoms with Gasteiger partial charge in [-0.3, -0.25) is 4.98 Å². The van der Waals surface area contributed by atoms with Crippen molar-refractivity contribution in [3.8, 4) is 0 Å². The third kappa shape index (κ3) is 3.03. The normalized spacial score (nSPS) is 12.0. The van der Waals surface area contributed by atoms with Gasteiger partial charge in [-0.1, -0.05) is 13.0 Å². The fraction of sp³-hybridized carbons (Fsp3) is 0.357. The molecule has 6 nitrogen and oxygen atoms in total. The summed E-state index contributed by atoms with van der Waals surface area (Å²) in [5.41, 5.74) is 4.63. The number of nitrogens with zero attached hydrogens (tertiary/aromatic N) is 3. The van der Waals surface area contributed by atoms with Crippen LogP contribution in [0.15, 0.2) is 24.5 Å². The average Bonchev–Trinajstić information content (AvgIpc) is 2.50. The van der Waals surface area contributed by atoms with Gasteiger partial charge in [-0.05, 0) is 25.5 Å². The monoisotopic (exact) mass is 272 g/mol. The third-order valence-electron chi connectivity index (χ3n) is 3.18. The number of hydrogen-bond donors (Lipinski definition) is 3. The lowest BCUT2D eigenvalue weighted by molar-refractivity contribution is 0.845. The molecule has 20 heavy (non-hydrogen) atoms. The first-order chi connectivity index (χ1) is 9.65. The number of nitrogens with one attached hydrogen (secondary N) is 2. The summed E-state index contributed by atoms with van der Waals surface area (Å²) in [5, 5.41) is 3.39. The average molecular weight is 272 g/mol. The molecule has 1 atom stereocenters. The number of aromatic nitrogens is 3. The van der Waals surface area contributed by atoms with Crippen molar-refractivity contribution in [2.45, 2.75) is 33.2 Å². The van der Waals surface area contributed by atoms with Crippen LogP contribution in [-0.4, -0.2) is 15.0 Å². The predicted molar refractivity (Wildman–Crippen MR) is 80.2 cm³/mol. The second-order valence-electron chi connectivity index (χ2n) is 4.61. The largest absolute Gasteiger partial charge is 0.363 e. The Balaban J connectivity index is 2.28. The van der Waals surface area contributed by atoms with Gasteiger partial charge in [0.25, 0.3) is 0 Å². The molecule has 4 N–H and O–H groups in total. The molecule has 0 aromatic carbocycles. The lowest BCUT2D eigenvalue weighted by atomic mass is 10.1. The van der Waals surface area contributed by atoms with Crippen molar-refractivity contribution in [2.75, 3.05) is 10.7 Å². The maximum atomic E-state index is 5.51. The predicted octanol–water partition coefficient (Wildman–Crippen LogP) is 2.20. The first kappa shape index (κ1) is 14.2. The number of pyridine rings is 1. The first-order valence-corrected chi connectivity index (χ1v) is 6.66. The first-order valence-electron chi connectivity index (χ1n) is 6.66. The van der Waals surface area contributed by atoms with Crippen molar-refractivity contribution in [3.05, 3.63) is 41.5 Å². The zero-order valence-corrected chi connectivity index (χ0v) is 12.0. The molecule has 0 spiro atoms. The molecule has 0 aliphatic carbocycles. The van der Waals surface area contributed by atoms with Crippen molar-refractivity contribution >= 4 is 11.6 Å². The summed E-state index contributed by atoms with van der Waals surface area (Å²) in [5.74, 6) is 7.70. The molecule has 0 saturated carbocycles. The van der Waals surface area contributed by atoms with Crippen molar-refractivity contribution < 1.29 is 0 Å². The fourth-order valence-electron chi connectivity index (χ4n) is 1.92. The van der Waals surface area contributed by atoms with Gasteiger partial charge in [0.15, 0.2) is 0 Å².